The third-order valence-electron chi connectivity index (χ3n) is 4.77. The third kappa shape index (κ3) is 3.53. The topological polar surface area (TPSA) is 76.6 Å². The molecule has 1 N–H and O–H groups in total. The average Bonchev–Trinajstić information content (AvgIpc) is 3.17. The highest BCUT2D eigenvalue weighted by Gasteiger charge is 2.21. The minimum atomic E-state index is -0.165. The van der Waals surface area contributed by atoms with Gasteiger partial charge in [0.15, 0.2) is 0 Å². The first-order chi connectivity index (χ1) is 13.7. The summed E-state index contributed by atoms with van der Waals surface area (Å²) in [5, 5.41) is 0.808. The third-order valence-corrected chi connectivity index (χ3v) is 4.77. The zero-order valence-corrected chi connectivity index (χ0v) is 15.8. The highest BCUT2D eigenvalue weighted by molar-refractivity contribution is 5.97. The van der Waals surface area contributed by atoms with E-state index in [1.54, 1.807) is 21.6 Å². The van der Waals surface area contributed by atoms with Crippen molar-refractivity contribution in [2.45, 2.75) is 13.3 Å². The minimum absolute atomic E-state index is 0.0817. The lowest BCUT2D eigenvalue weighted by atomic mass is 10.2. The van der Waals surface area contributed by atoms with Gasteiger partial charge in [0.25, 0.3) is 11.5 Å². The van der Waals surface area contributed by atoms with Crippen LogP contribution in [0.15, 0.2) is 47.3 Å². The Labute approximate surface area is 162 Å². The normalized spacial score (nSPS) is 14.4. The first-order valence-electron chi connectivity index (χ1n) is 9.52. The number of hydrogen-bond acceptors (Lipinski definition) is 4. The Kier molecular flexibility index (Phi) is 5.16. The number of morpholine rings is 1. The summed E-state index contributed by atoms with van der Waals surface area (Å²) in [5.74, 6) is 0.683. The molecule has 3 heterocycles. The summed E-state index contributed by atoms with van der Waals surface area (Å²) in [5.41, 5.74) is 1.62. The monoisotopic (exact) mass is 381 g/mol. The highest BCUT2D eigenvalue weighted by atomic mass is 16.5. The number of H-pyrrole nitrogens is 1. The zero-order valence-electron chi connectivity index (χ0n) is 15.8. The summed E-state index contributed by atoms with van der Waals surface area (Å²) in [4.78, 5) is 30.3. The van der Waals surface area contributed by atoms with Gasteiger partial charge in [-0.15, -0.1) is 0 Å². The number of aromatic amines is 1. The van der Waals surface area contributed by atoms with E-state index in [1.165, 1.54) is 6.07 Å². The number of carbonyl (C=O) groups excluding carboxylic acids is 1. The Morgan fingerprint density at radius 2 is 1.89 bits per heavy atom. The van der Waals surface area contributed by atoms with E-state index < -0.39 is 0 Å². The van der Waals surface area contributed by atoms with Crippen LogP contribution in [-0.4, -0.2) is 53.3 Å². The van der Waals surface area contributed by atoms with Crippen molar-refractivity contribution >= 4 is 16.9 Å². The molecule has 1 aliphatic heterocycles. The van der Waals surface area contributed by atoms with E-state index in [2.05, 4.69) is 11.9 Å². The van der Waals surface area contributed by atoms with Gasteiger partial charge in [-0.2, -0.15) is 0 Å². The Balaban J connectivity index is 1.70. The number of hydrogen-bond donors (Lipinski definition) is 1. The molecular weight excluding hydrogens is 358 g/mol. The molecule has 1 amide bonds. The second kappa shape index (κ2) is 7.90. The predicted octanol–water partition coefficient (Wildman–Crippen LogP) is 2.58. The number of aromatic nitrogens is 2. The van der Waals surface area contributed by atoms with Gasteiger partial charge < -0.3 is 19.4 Å². The summed E-state index contributed by atoms with van der Waals surface area (Å²) < 4.78 is 12.5. The molecule has 1 fully saturated rings. The van der Waals surface area contributed by atoms with Crippen LogP contribution < -0.4 is 10.3 Å². The zero-order chi connectivity index (χ0) is 19.5. The summed E-state index contributed by atoms with van der Waals surface area (Å²) in [6, 6.07) is 12.4. The van der Waals surface area contributed by atoms with E-state index in [9.17, 15) is 9.59 Å². The Morgan fingerprint density at radius 1 is 1.14 bits per heavy atom. The number of benzene rings is 1. The van der Waals surface area contributed by atoms with Gasteiger partial charge in [0.05, 0.1) is 25.5 Å². The Morgan fingerprint density at radius 3 is 2.61 bits per heavy atom. The quantitative estimate of drug-likeness (QED) is 0.737. The molecule has 2 aromatic heterocycles. The number of ether oxygens (including phenoxy) is 2. The SMILES string of the molecule is CCCOc1ccc(-n2c(=O)ccc3cc(C(=O)N4CCOCC4)[nH]c32)cc1. The first kappa shape index (κ1) is 18.3. The van der Waals surface area contributed by atoms with Crippen molar-refractivity contribution in [1.82, 2.24) is 14.5 Å². The molecule has 0 unspecified atom stereocenters. The molecule has 4 rings (SSSR count). The number of pyridine rings is 1. The van der Waals surface area contributed by atoms with Crippen LogP contribution in [0, 0.1) is 0 Å². The molecule has 3 aromatic rings. The van der Waals surface area contributed by atoms with Gasteiger partial charge in [0.2, 0.25) is 0 Å². The van der Waals surface area contributed by atoms with E-state index in [4.69, 9.17) is 9.47 Å². The van der Waals surface area contributed by atoms with Crippen LogP contribution in [0.2, 0.25) is 0 Å². The lowest BCUT2D eigenvalue weighted by molar-refractivity contribution is 0.0299. The van der Waals surface area contributed by atoms with Gasteiger partial charge in [-0.05, 0) is 42.8 Å². The Hall–Kier alpha value is -3.06. The smallest absolute Gasteiger partial charge is 0.270 e. The van der Waals surface area contributed by atoms with Crippen molar-refractivity contribution in [2.75, 3.05) is 32.9 Å². The van der Waals surface area contributed by atoms with E-state index in [-0.39, 0.29) is 11.5 Å². The molecule has 0 aliphatic carbocycles. The second-order valence-corrected chi connectivity index (χ2v) is 6.74. The summed E-state index contributed by atoms with van der Waals surface area (Å²) in [6.07, 6.45) is 0.933. The molecule has 1 aromatic carbocycles. The van der Waals surface area contributed by atoms with Crippen LogP contribution in [0.25, 0.3) is 16.7 Å². The van der Waals surface area contributed by atoms with Gasteiger partial charge in [-0.1, -0.05) is 6.92 Å². The molecule has 7 heteroatoms. The largest absolute Gasteiger partial charge is 0.494 e. The van der Waals surface area contributed by atoms with Crippen LogP contribution in [0.4, 0.5) is 0 Å². The van der Waals surface area contributed by atoms with Gasteiger partial charge >= 0.3 is 0 Å². The van der Waals surface area contributed by atoms with Gasteiger partial charge in [-0.3, -0.25) is 14.2 Å². The number of nitrogens with zero attached hydrogens (tertiary/aromatic N) is 2. The van der Waals surface area contributed by atoms with Crippen molar-refractivity contribution in [3.8, 4) is 11.4 Å². The van der Waals surface area contributed by atoms with Crippen molar-refractivity contribution in [3.63, 3.8) is 0 Å². The van der Waals surface area contributed by atoms with Gasteiger partial charge in [0, 0.05) is 24.5 Å². The maximum Gasteiger partial charge on any atom is 0.270 e. The Bertz CT molecular complexity index is 1030. The lowest BCUT2D eigenvalue weighted by Gasteiger charge is -2.26. The van der Waals surface area contributed by atoms with Gasteiger partial charge in [-0.25, -0.2) is 0 Å². The van der Waals surface area contributed by atoms with Crippen LogP contribution in [-0.2, 0) is 4.74 Å². The summed E-state index contributed by atoms with van der Waals surface area (Å²) in [6.45, 7) is 4.93. The number of rotatable bonds is 5. The summed E-state index contributed by atoms with van der Waals surface area (Å²) in [7, 11) is 0. The van der Waals surface area contributed by atoms with Crippen molar-refractivity contribution < 1.29 is 14.3 Å². The van der Waals surface area contributed by atoms with Crippen LogP contribution in [0.3, 0.4) is 0 Å². The highest BCUT2D eigenvalue weighted by Crippen LogP contribution is 2.21. The average molecular weight is 381 g/mol. The minimum Gasteiger partial charge on any atom is -0.494 e. The molecule has 1 aliphatic rings. The molecule has 0 bridgehead atoms. The van der Waals surface area contributed by atoms with Crippen molar-refractivity contribution in [3.05, 3.63) is 58.5 Å². The molecule has 28 heavy (non-hydrogen) atoms. The van der Waals surface area contributed by atoms with Crippen LogP contribution >= 0.6 is 0 Å². The van der Waals surface area contributed by atoms with Crippen molar-refractivity contribution in [1.29, 1.82) is 0 Å². The first-order valence-corrected chi connectivity index (χ1v) is 9.52. The number of fused-ring (bicyclic) bond motifs is 1. The number of nitrogens with one attached hydrogen (secondary N) is 1. The maximum atomic E-state index is 12.8. The van der Waals surface area contributed by atoms with Crippen LogP contribution in [0.1, 0.15) is 23.8 Å². The summed E-state index contributed by atoms with van der Waals surface area (Å²) >= 11 is 0. The molecule has 146 valence electrons. The number of amides is 1. The van der Waals surface area contributed by atoms with E-state index >= 15 is 0 Å². The van der Waals surface area contributed by atoms with Crippen LogP contribution in [0.5, 0.6) is 5.75 Å². The molecule has 0 radical (unpaired) electrons. The lowest BCUT2D eigenvalue weighted by Crippen LogP contribution is -2.40. The second-order valence-electron chi connectivity index (χ2n) is 6.74. The molecule has 1 saturated heterocycles. The fraction of sp³-hybridized carbons (Fsp3) is 0.333. The molecule has 0 saturated carbocycles. The molecule has 0 spiro atoms. The maximum absolute atomic E-state index is 12.8. The predicted molar refractivity (Wildman–Crippen MR) is 106 cm³/mol. The van der Waals surface area contributed by atoms with E-state index in [0.717, 1.165) is 17.6 Å². The fourth-order valence-corrected chi connectivity index (χ4v) is 3.34. The van der Waals surface area contributed by atoms with E-state index in [0.29, 0.717) is 49.9 Å². The van der Waals surface area contributed by atoms with E-state index in [1.807, 2.05) is 24.3 Å². The van der Waals surface area contributed by atoms with Crippen molar-refractivity contribution in [2.24, 2.45) is 0 Å². The molecule has 0 atom stereocenters. The van der Waals surface area contributed by atoms with Gasteiger partial charge in [0.1, 0.15) is 17.1 Å². The molecule has 7 nitrogen and oxygen atoms in total. The standard InChI is InChI=1S/C21H23N3O4/c1-2-11-28-17-6-4-16(5-7-17)24-19(25)8-3-15-14-18(22-20(15)24)21(26)23-9-12-27-13-10-23/h3-8,14,22H,2,9-13H2,1H3. The molecular formula is C21H23N3O4. The number of carbonyl (C=O) groups is 1. The fourth-order valence-electron chi connectivity index (χ4n) is 3.34.